The van der Waals surface area contributed by atoms with E-state index in [1.54, 1.807) is 24.3 Å². The highest BCUT2D eigenvalue weighted by atomic mass is 16.6. The molecule has 0 radical (unpaired) electrons. The average molecular weight is 420 g/mol. The predicted octanol–water partition coefficient (Wildman–Crippen LogP) is 5.34. The Morgan fingerprint density at radius 3 is 2.10 bits per heavy atom. The standard InChI is InChI=1S/C20H12N4O7/c25-15-9-8-12-16(20(15)27)19(26)11-5-2-1-4-10(11)17(12)22-21-13-6-3-7-14(23(28)29)18(13)24(30)31/h1-9,25-27H. The van der Waals surface area contributed by atoms with Crippen molar-refractivity contribution >= 4 is 44.3 Å². The topological polar surface area (TPSA) is 172 Å². The number of phenolic OH excluding ortho intramolecular Hbond substituents is 3. The van der Waals surface area contributed by atoms with Crippen LogP contribution >= 0.6 is 0 Å². The van der Waals surface area contributed by atoms with E-state index in [1.165, 1.54) is 24.3 Å². The van der Waals surface area contributed by atoms with Gasteiger partial charge in [0.2, 0.25) is 0 Å². The van der Waals surface area contributed by atoms with E-state index in [0.717, 1.165) is 6.07 Å². The van der Waals surface area contributed by atoms with Gasteiger partial charge in [-0.15, -0.1) is 10.2 Å². The number of rotatable bonds is 4. The Bertz CT molecular complexity index is 1430. The normalized spacial score (nSPS) is 11.4. The van der Waals surface area contributed by atoms with Crippen LogP contribution in [0.1, 0.15) is 0 Å². The molecule has 0 aliphatic carbocycles. The Labute approximate surface area is 172 Å². The molecule has 0 saturated heterocycles. The van der Waals surface area contributed by atoms with Crippen LogP contribution in [-0.2, 0) is 0 Å². The third kappa shape index (κ3) is 3.09. The molecule has 0 aliphatic heterocycles. The fourth-order valence-electron chi connectivity index (χ4n) is 3.34. The van der Waals surface area contributed by atoms with Crippen molar-refractivity contribution in [2.24, 2.45) is 10.2 Å². The molecule has 0 bridgehead atoms. The van der Waals surface area contributed by atoms with Gasteiger partial charge in [-0.2, -0.15) is 0 Å². The molecule has 4 aromatic carbocycles. The molecule has 0 saturated carbocycles. The van der Waals surface area contributed by atoms with Crippen molar-refractivity contribution < 1.29 is 25.2 Å². The van der Waals surface area contributed by atoms with Gasteiger partial charge in [-0.05, 0) is 18.2 Å². The third-order valence-corrected chi connectivity index (χ3v) is 4.72. The summed E-state index contributed by atoms with van der Waals surface area (Å²) in [7, 11) is 0. The SMILES string of the molecule is O=[N+]([O-])c1cccc(N=Nc2c3ccccc3c(O)c3c(O)c(O)ccc23)c1[N+](=O)[O-]. The molecule has 11 nitrogen and oxygen atoms in total. The van der Waals surface area contributed by atoms with Crippen molar-refractivity contribution in [1.29, 1.82) is 0 Å². The van der Waals surface area contributed by atoms with Gasteiger partial charge >= 0.3 is 11.4 Å². The van der Waals surface area contributed by atoms with Crippen LogP contribution in [0.3, 0.4) is 0 Å². The number of hydrogen-bond acceptors (Lipinski definition) is 9. The van der Waals surface area contributed by atoms with Gasteiger partial charge < -0.3 is 15.3 Å². The molecule has 4 rings (SSSR count). The molecule has 11 heteroatoms. The van der Waals surface area contributed by atoms with E-state index in [4.69, 9.17) is 0 Å². The lowest BCUT2D eigenvalue weighted by Crippen LogP contribution is -1.96. The summed E-state index contributed by atoms with van der Waals surface area (Å²) in [6.45, 7) is 0. The van der Waals surface area contributed by atoms with Crippen molar-refractivity contribution in [1.82, 2.24) is 0 Å². The maximum absolute atomic E-state index is 11.4. The zero-order valence-corrected chi connectivity index (χ0v) is 15.5. The lowest BCUT2D eigenvalue weighted by molar-refractivity contribution is -0.421. The quantitative estimate of drug-likeness (QED) is 0.131. The molecular weight excluding hydrogens is 408 g/mol. The average Bonchev–Trinajstić information content (AvgIpc) is 2.75. The van der Waals surface area contributed by atoms with Gasteiger partial charge in [0.05, 0.1) is 15.2 Å². The van der Waals surface area contributed by atoms with Crippen molar-refractivity contribution in [2.75, 3.05) is 0 Å². The number of para-hydroxylation sites is 1. The summed E-state index contributed by atoms with van der Waals surface area (Å²) in [5, 5.41) is 62.1. The molecule has 3 N–H and O–H groups in total. The van der Waals surface area contributed by atoms with Crippen molar-refractivity contribution in [3.05, 3.63) is 74.8 Å². The maximum Gasteiger partial charge on any atom is 0.373 e. The first-order valence-corrected chi connectivity index (χ1v) is 8.73. The summed E-state index contributed by atoms with van der Waals surface area (Å²) in [6.07, 6.45) is 0. The van der Waals surface area contributed by atoms with Gasteiger partial charge in [-0.3, -0.25) is 20.2 Å². The van der Waals surface area contributed by atoms with Gasteiger partial charge in [0.1, 0.15) is 11.4 Å². The van der Waals surface area contributed by atoms with Crippen LogP contribution in [-0.4, -0.2) is 25.2 Å². The van der Waals surface area contributed by atoms with Gasteiger partial charge in [-0.25, -0.2) is 0 Å². The van der Waals surface area contributed by atoms with Gasteiger partial charge in [-0.1, -0.05) is 30.3 Å². The second-order valence-electron chi connectivity index (χ2n) is 6.46. The number of benzene rings is 4. The Kier molecular flexibility index (Phi) is 4.55. The highest BCUT2D eigenvalue weighted by Crippen LogP contribution is 2.48. The zero-order valence-electron chi connectivity index (χ0n) is 15.5. The Morgan fingerprint density at radius 2 is 1.42 bits per heavy atom. The molecule has 0 spiro atoms. The highest BCUT2D eigenvalue weighted by molar-refractivity contribution is 6.16. The Hall–Kier alpha value is -4.80. The number of nitro groups is 2. The summed E-state index contributed by atoms with van der Waals surface area (Å²) >= 11 is 0. The zero-order chi connectivity index (χ0) is 22.3. The van der Waals surface area contributed by atoms with E-state index < -0.39 is 32.7 Å². The minimum atomic E-state index is -0.913. The van der Waals surface area contributed by atoms with Gasteiger partial charge in [0.25, 0.3) is 0 Å². The van der Waals surface area contributed by atoms with Crippen LogP contribution in [0.5, 0.6) is 17.2 Å². The molecule has 0 aromatic heterocycles. The molecule has 0 heterocycles. The van der Waals surface area contributed by atoms with Crippen molar-refractivity contribution in [3.63, 3.8) is 0 Å². The van der Waals surface area contributed by atoms with Crippen LogP contribution in [0.2, 0.25) is 0 Å². The minimum absolute atomic E-state index is 0.0822. The molecule has 154 valence electrons. The summed E-state index contributed by atoms with van der Waals surface area (Å²) in [5.74, 6) is -1.33. The van der Waals surface area contributed by atoms with E-state index in [1.807, 2.05) is 0 Å². The Morgan fingerprint density at radius 1 is 0.710 bits per heavy atom. The first-order chi connectivity index (χ1) is 14.8. The molecule has 0 amide bonds. The molecule has 0 fully saturated rings. The second-order valence-corrected chi connectivity index (χ2v) is 6.46. The lowest BCUT2D eigenvalue weighted by Gasteiger charge is -2.12. The second kappa shape index (κ2) is 7.22. The van der Waals surface area contributed by atoms with Crippen LogP contribution in [0.15, 0.2) is 64.8 Å². The minimum Gasteiger partial charge on any atom is -0.507 e. The van der Waals surface area contributed by atoms with Crippen LogP contribution in [0, 0.1) is 20.2 Å². The first kappa shape index (κ1) is 19.5. The maximum atomic E-state index is 11.4. The number of hydrogen-bond donors (Lipinski definition) is 3. The number of phenols is 3. The molecule has 0 unspecified atom stereocenters. The fourth-order valence-corrected chi connectivity index (χ4v) is 3.34. The molecule has 4 aromatic rings. The number of azo groups is 1. The highest BCUT2D eigenvalue weighted by Gasteiger charge is 2.28. The molecule has 0 aliphatic rings. The molecule has 0 atom stereocenters. The van der Waals surface area contributed by atoms with Crippen molar-refractivity contribution in [3.8, 4) is 17.2 Å². The fraction of sp³-hybridized carbons (Fsp3) is 0. The summed E-state index contributed by atoms with van der Waals surface area (Å²) in [6, 6.07) is 12.5. The number of nitrogens with zero attached hydrogens (tertiary/aromatic N) is 4. The summed E-state index contributed by atoms with van der Waals surface area (Å²) < 4.78 is 0. The summed E-state index contributed by atoms with van der Waals surface area (Å²) in [4.78, 5) is 20.8. The van der Waals surface area contributed by atoms with E-state index in [2.05, 4.69) is 10.2 Å². The molecular formula is C20H12N4O7. The van der Waals surface area contributed by atoms with Crippen molar-refractivity contribution in [2.45, 2.75) is 0 Å². The van der Waals surface area contributed by atoms with Gasteiger partial charge in [0.15, 0.2) is 17.2 Å². The van der Waals surface area contributed by atoms with Crippen LogP contribution in [0.4, 0.5) is 22.7 Å². The Balaban J connectivity index is 2.04. The monoisotopic (exact) mass is 420 g/mol. The molecule has 31 heavy (non-hydrogen) atoms. The summed E-state index contributed by atoms with van der Waals surface area (Å²) in [5.41, 5.74) is -1.75. The van der Waals surface area contributed by atoms with Crippen LogP contribution in [0.25, 0.3) is 21.5 Å². The number of aromatic hydroxyl groups is 3. The van der Waals surface area contributed by atoms with E-state index in [-0.39, 0.29) is 27.9 Å². The van der Waals surface area contributed by atoms with E-state index in [0.29, 0.717) is 10.8 Å². The predicted molar refractivity (Wildman–Crippen MR) is 110 cm³/mol. The first-order valence-electron chi connectivity index (χ1n) is 8.73. The van der Waals surface area contributed by atoms with E-state index >= 15 is 0 Å². The van der Waals surface area contributed by atoms with Crippen LogP contribution < -0.4 is 0 Å². The smallest absolute Gasteiger partial charge is 0.373 e. The van der Waals surface area contributed by atoms with E-state index in [9.17, 15) is 35.5 Å². The number of nitro benzene ring substituents is 2. The van der Waals surface area contributed by atoms with Gasteiger partial charge in [0, 0.05) is 22.2 Å². The third-order valence-electron chi connectivity index (χ3n) is 4.72. The largest absolute Gasteiger partial charge is 0.507 e. The lowest BCUT2D eigenvalue weighted by atomic mass is 9.99. The number of fused-ring (bicyclic) bond motifs is 2.